The van der Waals surface area contributed by atoms with Crippen molar-refractivity contribution in [3.05, 3.63) is 58.2 Å². The quantitative estimate of drug-likeness (QED) is 0.598. The van der Waals surface area contributed by atoms with E-state index in [1.165, 1.54) is 12.3 Å². The van der Waals surface area contributed by atoms with Gasteiger partial charge in [-0.05, 0) is 30.3 Å². The summed E-state index contributed by atoms with van der Waals surface area (Å²) < 4.78 is 19.6. The fourth-order valence-corrected chi connectivity index (χ4v) is 2.66. The van der Waals surface area contributed by atoms with E-state index < -0.39 is 17.8 Å². The van der Waals surface area contributed by atoms with E-state index in [9.17, 15) is 14.0 Å². The van der Waals surface area contributed by atoms with Crippen LogP contribution in [0.25, 0.3) is 0 Å². The zero-order valence-corrected chi connectivity index (χ0v) is 15.5. The number of aliphatic hydroxyl groups excluding tert-OH is 1. The maximum absolute atomic E-state index is 13.9. The van der Waals surface area contributed by atoms with Crippen molar-refractivity contribution < 1.29 is 23.5 Å². The molecule has 1 aromatic heterocycles. The zero-order chi connectivity index (χ0) is 18.9. The fourth-order valence-electron chi connectivity index (χ4n) is 2.25. The third-order valence-corrected chi connectivity index (χ3v) is 3.93. The standard InChI is InChI=1S/C17H19BrFN3O4/c18-13-3-4-15(19)12(8-13)10-22(5-6-23)11-16(24)21-17(25)20-9-14-2-1-7-26-14/h1-4,7-8,23H,5-6,9-11H2,(H2,20,21,24,25). The lowest BCUT2D eigenvalue weighted by molar-refractivity contribution is -0.121. The molecule has 140 valence electrons. The number of benzene rings is 1. The van der Waals surface area contributed by atoms with Crippen LogP contribution in [-0.2, 0) is 17.9 Å². The van der Waals surface area contributed by atoms with E-state index in [0.29, 0.717) is 15.8 Å². The van der Waals surface area contributed by atoms with Crippen LogP contribution < -0.4 is 10.6 Å². The molecule has 2 aromatic rings. The molecule has 1 heterocycles. The number of carbonyl (C=O) groups is 2. The molecule has 0 atom stereocenters. The Labute approximate surface area is 158 Å². The minimum atomic E-state index is -0.663. The van der Waals surface area contributed by atoms with Crippen molar-refractivity contribution >= 4 is 27.9 Å². The summed E-state index contributed by atoms with van der Waals surface area (Å²) in [7, 11) is 0. The van der Waals surface area contributed by atoms with E-state index in [2.05, 4.69) is 26.6 Å². The second-order valence-electron chi connectivity index (χ2n) is 5.48. The van der Waals surface area contributed by atoms with E-state index >= 15 is 0 Å². The number of carbonyl (C=O) groups excluding carboxylic acids is 2. The Morgan fingerprint density at radius 2 is 2.12 bits per heavy atom. The molecule has 3 N–H and O–H groups in total. The number of halogens is 2. The minimum absolute atomic E-state index is 0.118. The lowest BCUT2D eigenvalue weighted by Crippen LogP contribution is -2.44. The SMILES string of the molecule is O=C(CN(CCO)Cc1cc(Br)ccc1F)NC(=O)NCc1ccco1. The van der Waals surface area contributed by atoms with Gasteiger partial charge in [-0.15, -0.1) is 0 Å². The van der Waals surface area contributed by atoms with Gasteiger partial charge in [-0.3, -0.25) is 15.0 Å². The van der Waals surface area contributed by atoms with Crippen LogP contribution in [-0.4, -0.2) is 41.6 Å². The second-order valence-corrected chi connectivity index (χ2v) is 6.40. The van der Waals surface area contributed by atoms with Gasteiger partial charge in [-0.2, -0.15) is 0 Å². The van der Waals surface area contributed by atoms with E-state index in [1.54, 1.807) is 29.2 Å². The van der Waals surface area contributed by atoms with E-state index in [1.807, 2.05) is 0 Å². The Kier molecular flexibility index (Phi) is 7.76. The molecular weight excluding hydrogens is 409 g/mol. The summed E-state index contributed by atoms with van der Waals surface area (Å²) in [6, 6.07) is 7.22. The molecule has 0 bridgehead atoms. The number of rotatable bonds is 8. The van der Waals surface area contributed by atoms with Crippen LogP contribution in [0.5, 0.6) is 0 Å². The molecule has 0 radical (unpaired) electrons. The molecule has 26 heavy (non-hydrogen) atoms. The highest BCUT2D eigenvalue weighted by Crippen LogP contribution is 2.17. The van der Waals surface area contributed by atoms with Crippen molar-refractivity contribution in [3.63, 3.8) is 0 Å². The van der Waals surface area contributed by atoms with Gasteiger partial charge in [-0.25, -0.2) is 9.18 Å². The van der Waals surface area contributed by atoms with Crippen LogP contribution in [0, 0.1) is 5.82 Å². The van der Waals surface area contributed by atoms with Crippen molar-refractivity contribution in [2.75, 3.05) is 19.7 Å². The molecule has 0 aliphatic heterocycles. The van der Waals surface area contributed by atoms with Gasteiger partial charge in [0, 0.05) is 23.1 Å². The first-order chi connectivity index (χ1) is 12.5. The molecule has 9 heteroatoms. The summed E-state index contributed by atoms with van der Waals surface area (Å²) in [5.41, 5.74) is 0.378. The number of hydrogen-bond acceptors (Lipinski definition) is 5. The van der Waals surface area contributed by atoms with Gasteiger partial charge >= 0.3 is 6.03 Å². The first kappa shape index (κ1) is 20.1. The molecule has 0 saturated heterocycles. The van der Waals surface area contributed by atoms with E-state index in [4.69, 9.17) is 9.52 Å². The van der Waals surface area contributed by atoms with Crippen LogP contribution in [0.4, 0.5) is 9.18 Å². The summed E-state index contributed by atoms with van der Waals surface area (Å²) in [4.78, 5) is 25.3. The topological polar surface area (TPSA) is 94.8 Å². The van der Waals surface area contributed by atoms with Crippen molar-refractivity contribution in [2.45, 2.75) is 13.1 Å². The number of furan rings is 1. The average molecular weight is 428 g/mol. The highest BCUT2D eigenvalue weighted by atomic mass is 79.9. The molecule has 2 rings (SSSR count). The third kappa shape index (κ3) is 6.58. The van der Waals surface area contributed by atoms with Gasteiger partial charge in [0.1, 0.15) is 11.6 Å². The van der Waals surface area contributed by atoms with Crippen LogP contribution in [0.15, 0.2) is 45.5 Å². The molecule has 0 aliphatic carbocycles. The molecule has 0 fully saturated rings. The maximum atomic E-state index is 13.9. The number of aliphatic hydroxyl groups is 1. The Hall–Kier alpha value is -2.23. The average Bonchev–Trinajstić information content (AvgIpc) is 3.10. The molecule has 1 aromatic carbocycles. The Bertz CT molecular complexity index is 740. The highest BCUT2D eigenvalue weighted by molar-refractivity contribution is 9.10. The smallest absolute Gasteiger partial charge is 0.321 e. The van der Waals surface area contributed by atoms with Gasteiger partial charge in [-0.1, -0.05) is 15.9 Å². The lowest BCUT2D eigenvalue weighted by Gasteiger charge is -2.21. The summed E-state index contributed by atoms with van der Waals surface area (Å²) in [6.07, 6.45) is 1.48. The van der Waals surface area contributed by atoms with Crippen molar-refractivity contribution in [1.29, 1.82) is 0 Å². The van der Waals surface area contributed by atoms with Gasteiger partial charge in [0.2, 0.25) is 5.91 Å². The van der Waals surface area contributed by atoms with Gasteiger partial charge < -0.3 is 14.8 Å². The Morgan fingerprint density at radius 3 is 2.81 bits per heavy atom. The monoisotopic (exact) mass is 427 g/mol. The molecular formula is C17H19BrFN3O4. The molecule has 0 unspecified atom stereocenters. The van der Waals surface area contributed by atoms with Crippen LogP contribution in [0.3, 0.4) is 0 Å². The molecule has 0 spiro atoms. The number of nitrogens with one attached hydrogen (secondary N) is 2. The number of nitrogens with zero attached hydrogens (tertiary/aromatic N) is 1. The highest BCUT2D eigenvalue weighted by Gasteiger charge is 2.15. The molecule has 3 amide bonds. The molecule has 0 saturated carbocycles. The van der Waals surface area contributed by atoms with E-state index in [0.717, 1.165) is 0 Å². The van der Waals surface area contributed by atoms with Crippen molar-refractivity contribution in [2.24, 2.45) is 0 Å². The van der Waals surface area contributed by atoms with Crippen LogP contribution in [0.1, 0.15) is 11.3 Å². The first-order valence-corrected chi connectivity index (χ1v) is 8.64. The first-order valence-electron chi connectivity index (χ1n) is 7.85. The predicted octanol–water partition coefficient (Wildman–Crippen LogP) is 2.00. The Morgan fingerprint density at radius 1 is 1.31 bits per heavy atom. The fraction of sp³-hybridized carbons (Fsp3) is 0.294. The van der Waals surface area contributed by atoms with Gasteiger partial charge in [0.25, 0.3) is 0 Å². The summed E-state index contributed by atoms with van der Waals surface area (Å²) in [5, 5.41) is 13.8. The Balaban J connectivity index is 1.86. The summed E-state index contributed by atoms with van der Waals surface area (Å²) >= 11 is 3.27. The third-order valence-electron chi connectivity index (χ3n) is 3.44. The number of amides is 3. The van der Waals surface area contributed by atoms with Crippen molar-refractivity contribution in [3.8, 4) is 0 Å². The molecule has 0 aliphatic rings. The number of urea groups is 1. The number of hydrogen-bond donors (Lipinski definition) is 3. The predicted molar refractivity (Wildman–Crippen MR) is 95.5 cm³/mol. The minimum Gasteiger partial charge on any atom is -0.467 e. The van der Waals surface area contributed by atoms with Crippen LogP contribution in [0.2, 0.25) is 0 Å². The second kappa shape index (κ2) is 10.0. The zero-order valence-electron chi connectivity index (χ0n) is 13.9. The lowest BCUT2D eigenvalue weighted by atomic mass is 10.2. The van der Waals surface area contributed by atoms with Gasteiger partial charge in [0.05, 0.1) is 26.0 Å². The van der Waals surface area contributed by atoms with E-state index in [-0.39, 0.29) is 32.8 Å². The normalized spacial score (nSPS) is 10.8. The van der Waals surface area contributed by atoms with Gasteiger partial charge in [0.15, 0.2) is 0 Å². The maximum Gasteiger partial charge on any atom is 0.321 e. The number of imide groups is 1. The van der Waals surface area contributed by atoms with Crippen molar-refractivity contribution in [1.82, 2.24) is 15.5 Å². The summed E-state index contributed by atoms with van der Waals surface area (Å²) in [6.45, 7) is 0.0602. The summed E-state index contributed by atoms with van der Waals surface area (Å²) in [5.74, 6) is -0.418. The van der Waals surface area contributed by atoms with Crippen LogP contribution >= 0.6 is 15.9 Å². The largest absolute Gasteiger partial charge is 0.467 e. The molecule has 7 nitrogen and oxygen atoms in total.